The van der Waals surface area contributed by atoms with Crippen molar-refractivity contribution in [3.63, 3.8) is 0 Å². The average molecular weight is 398 g/mol. The molecule has 0 N–H and O–H groups in total. The molecule has 0 unspecified atom stereocenters. The minimum Gasteiger partial charge on any atom is -0.494 e. The number of hydrogen-bond donors (Lipinski definition) is 0. The van der Waals surface area contributed by atoms with Crippen LogP contribution in [0.4, 0.5) is 11.4 Å². The summed E-state index contributed by atoms with van der Waals surface area (Å²) in [6, 6.07) is 10.8. The van der Waals surface area contributed by atoms with Crippen molar-refractivity contribution in [3.05, 3.63) is 63.7 Å². The Bertz CT molecular complexity index is 904. The van der Waals surface area contributed by atoms with Crippen molar-refractivity contribution >= 4 is 23.1 Å². The lowest BCUT2D eigenvalue weighted by molar-refractivity contribution is -0.384. The largest absolute Gasteiger partial charge is 0.494 e. The Morgan fingerprint density at radius 3 is 2.34 bits per heavy atom. The van der Waals surface area contributed by atoms with Crippen LogP contribution in [-0.4, -0.2) is 43.0 Å². The SMILES string of the molecule is CCOc1ccc(C(=O)COC(=O)c2ccc(N3CCCC3)c([N+](=O)[O-])c2)cc1. The zero-order valence-corrected chi connectivity index (χ0v) is 16.1. The van der Waals surface area contributed by atoms with Crippen molar-refractivity contribution in [2.45, 2.75) is 19.8 Å². The molecule has 152 valence electrons. The normalized spacial score (nSPS) is 13.2. The van der Waals surface area contributed by atoms with E-state index in [1.54, 1.807) is 30.3 Å². The number of nitro benzene ring substituents is 1. The van der Waals surface area contributed by atoms with Gasteiger partial charge < -0.3 is 14.4 Å². The van der Waals surface area contributed by atoms with Gasteiger partial charge in [-0.3, -0.25) is 14.9 Å². The second-order valence-corrected chi connectivity index (χ2v) is 6.61. The number of carbonyl (C=O) groups is 2. The summed E-state index contributed by atoms with van der Waals surface area (Å²) in [7, 11) is 0. The Morgan fingerprint density at radius 2 is 1.72 bits per heavy atom. The van der Waals surface area contributed by atoms with E-state index in [2.05, 4.69) is 0 Å². The molecule has 1 aliphatic heterocycles. The van der Waals surface area contributed by atoms with Crippen molar-refractivity contribution in [2.75, 3.05) is 31.2 Å². The zero-order chi connectivity index (χ0) is 20.8. The maximum Gasteiger partial charge on any atom is 0.338 e. The fourth-order valence-corrected chi connectivity index (χ4v) is 3.22. The van der Waals surface area contributed by atoms with Crippen molar-refractivity contribution in [1.82, 2.24) is 0 Å². The number of hydrogen-bond acceptors (Lipinski definition) is 7. The van der Waals surface area contributed by atoms with Crippen LogP contribution in [-0.2, 0) is 4.74 Å². The van der Waals surface area contributed by atoms with Gasteiger partial charge in [0.1, 0.15) is 11.4 Å². The van der Waals surface area contributed by atoms with E-state index in [-0.39, 0.29) is 17.0 Å². The lowest BCUT2D eigenvalue weighted by Gasteiger charge is -2.17. The van der Waals surface area contributed by atoms with Gasteiger partial charge in [0.25, 0.3) is 5.69 Å². The van der Waals surface area contributed by atoms with Gasteiger partial charge in [-0.15, -0.1) is 0 Å². The topological polar surface area (TPSA) is 99.0 Å². The summed E-state index contributed by atoms with van der Waals surface area (Å²) in [6.45, 7) is 3.44. The molecule has 1 saturated heterocycles. The van der Waals surface area contributed by atoms with E-state index < -0.39 is 17.5 Å². The first-order valence-electron chi connectivity index (χ1n) is 9.46. The number of Topliss-reactive ketones (excluding diaryl/α,β-unsaturated/α-hetero) is 1. The number of carbonyl (C=O) groups excluding carboxylic acids is 2. The zero-order valence-electron chi connectivity index (χ0n) is 16.1. The molecule has 0 amide bonds. The first kappa shape index (κ1) is 20.3. The quantitative estimate of drug-likeness (QED) is 0.290. The lowest BCUT2D eigenvalue weighted by atomic mass is 10.1. The Kier molecular flexibility index (Phi) is 6.43. The third-order valence-electron chi connectivity index (χ3n) is 4.68. The van der Waals surface area contributed by atoms with Crippen LogP contribution in [0.25, 0.3) is 0 Å². The van der Waals surface area contributed by atoms with Gasteiger partial charge in [-0.1, -0.05) is 0 Å². The number of benzene rings is 2. The van der Waals surface area contributed by atoms with Crippen molar-refractivity contribution in [1.29, 1.82) is 0 Å². The van der Waals surface area contributed by atoms with E-state index in [9.17, 15) is 19.7 Å². The van der Waals surface area contributed by atoms with Crippen LogP contribution < -0.4 is 9.64 Å². The summed E-state index contributed by atoms with van der Waals surface area (Å²) in [5, 5.41) is 11.4. The highest BCUT2D eigenvalue weighted by atomic mass is 16.6. The maximum atomic E-state index is 12.3. The molecule has 1 heterocycles. The molecule has 0 bridgehead atoms. The summed E-state index contributed by atoms with van der Waals surface area (Å²) in [6.07, 6.45) is 1.96. The molecule has 1 aliphatic rings. The van der Waals surface area contributed by atoms with Gasteiger partial charge in [0.05, 0.1) is 17.1 Å². The predicted molar refractivity (Wildman–Crippen MR) is 107 cm³/mol. The molecular formula is C21H22N2O6. The standard InChI is InChI=1S/C21H22N2O6/c1-2-28-17-8-5-15(6-9-17)20(24)14-29-21(25)16-7-10-18(19(13-16)23(26)27)22-11-3-4-12-22/h5-10,13H,2-4,11-12,14H2,1H3. The van der Waals surface area contributed by atoms with Gasteiger partial charge >= 0.3 is 5.97 Å². The molecule has 0 aliphatic carbocycles. The smallest absolute Gasteiger partial charge is 0.338 e. The maximum absolute atomic E-state index is 12.3. The molecule has 8 heteroatoms. The molecule has 0 radical (unpaired) electrons. The van der Waals surface area contributed by atoms with E-state index >= 15 is 0 Å². The number of nitro groups is 1. The van der Waals surface area contributed by atoms with E-state index in [0.717, 1.165) is 25.9 Å². The number of anilines is 1. The molecule has 2 aromatic carbocycles. The molecule has 0 saturated carbocycles. The van der Waals surface area contributed by atoms with Crippen LogP contribution in [0.1, 0.15) is 40.5 Å². The van der Waals surface area contributed by atoms with Crippen LogP contribution in [0.2, 0.25) is 0 Å². The van der Waals surface area contributed by atoms with Crippen LogP contribution >= 0.6 is 0 Å². The van der Waals surface area contributed by atoms with Crippen molar-refractivity contribution < 1.29 is 24.0 Å². The molecule has 29 heavy (non-hydrogen) atoms. The second-order valence-electron chi connectivity index (χ2n) is 6.61. The molecule has 3 rings (SSSR count). The number of ether oxygens (including phenoxy) is 2. The van der Waals surface area contributed by atoms with Crippen LogP contribution in [0.3, 0.4) is 0 Å². The minimum atomic E-state index is -0.777. The summed E-state index contributed by atoms with van der Waals surface area (Å²) in [5.41, 5.74) is 0.782. The van der Waals surface area contributed by atoms with Gasteiger partial charge in [-0.25, -0.2) is 4.79 Å². The van der Waals surface area contributed by atoms with Gasteiger partial charge in [-0.2, -0.15) is 0 Å². The van der Waals surface area contributed by atoms with Crippen LogP contribution in [0, 0.1) is 10.1 Å². The van der Waals surface area contributed by atoms with Gasteiger partial charge in [0.2, 0.25) is 0 Å². The fourth-order valence-electron chi connectivity index (χ4n) is 3.22. The lowest BCUT2D eigenvalue weighted by Crippen LogP contribution is -2.19. The van der Waals surface area contributed by atoms with Gasteiger partial charge in [0, 0.05) is 24.7 Å². The van der Waals surface area contributed by atoms with E-state index in [1.807, 2.05) is 11.8 Å². The highest BCUT2D eigenvalue weighted by Gasteiger charge is 2.24. The number of nitrogens with zero attached hydrogens (tertiary/aromatic N) is 2. The Labute approximate surface area is 168 Å². The van der Waals surface area contributed by atoms with Crippen LogP contribution in [0.15, 0.2) is 42.5 Å². The first-order valence-corrected chi connectivity index (χ1v) is 9.46. The average Bonchev–Trinajstić information content (AvgIpc) is 3.26. The second kappa shape index (κ2) is 9.18. The molecule has 8 nitrogen and oxygen atoms in total. The first-order chi connectivity index (χ1) is 14.0. The molecule has 1 fully saturated rings. The summed E-state index contributed by atoms with van der Waals surface area (Å²) >= 11 is 0. The van der Waals surface area contributed by atoms with E-state index in [4.69, 9.17) is 9.47 Å². The van der Waals surface area contributed by atoms with E-state index in [1.165, 1.54) is 12.1 Å². The minimum absolute atomic E-state index is 0.0409. The van der Waals surface area contributed by atoms with Crippen molar-refractivity contribution in [2.24, 2.45) is 0 Å². The predicted octanol–water partition coefficient (Wildman–Crippen LogP) is 3.63. The number of rotatable bonds is 8. The Balaban J connectivity index is 1.66. The molecule has 2 aromatic rings. The van der Waals surface area contributed by atoms with E-state index in [0.29, 0.717) is 23.6 Å². The summed E-state index contributed by atoms with van der Waals surface area (Å²) in [5.74, 6) is -0.503. The third kappa shape index (κ3) is 4.90. The number of ketones is 1. The van der Waals surface area contributed by atoms with Gasteiger partial charge in [0.15, 0.2) is 12.4 Å². The Hall–Kier alpha value is -3.42. The summed E-state index contributed by atoms with van der Waals surface area (Å²) in [4.78, 5) is 37.4. The monoisotopic (exact) mass is 398 g/mol. The highest BCUT2D eigenvalue weighted by Crippen LogP contribution is 2.31. The molecule has 0 spiro atoms. The number of esters is 1. The van der Waals surface area contributed by atoms with Gasteiger partial charge in [-0.05, 0) is 56.2 Å². The Morgan fingerprint density at radius 1 is 1.07 bits per heavy atom. The fraction of sp³-hybridized carbons (Fsp3) is 0.333. The molecule has 0 aromatic heterocycles. The van der Waals surface area contributed by atoms with Crippen molar-refractivity contribution in [3.8, 4) is 5.75 Å². The molecular weight excluding hydrogens is 376 g/mol. The molecule has 0 atom stereocenters. The van der Waals surface area contributed by atoms with Crippen LogP contribution in [0.5, 0.6) is 5.75 Å². The highest BCUT2D eigenvalue weighted by molar-refractivity contribution is 5.99. The summed E-state index contributed by atoms with van der Waals surface area (Å²) < 4.78 is 10.4. The third-order valence-corrected chi connectivity index (χ3v) is 4.68.